The standard InChI is InChI=1S/C40H44N6O4/c1-39(2,3)50-37(47)45-40(19-4-5-20-40)36-42-30-18-16-27(23-32(30)43-36)25-13-11-24(12-14-25)26-15-17-29-28(22-26)8-6-9-31-34(29)44-35(41-31)33-10-7-21-46(33)38(48)49/h11-18,22-23,33H,4-10,19-21H2,1-3H3,(H,41,44)(H,42,43)(H,45,47)(H,48,49). The number of nitrogens with zero attached hydrogens (tertiary/aromatic N) is 3. The van der Waals surface area contributed by atoms with Gasteiger partial charge in [-0.3, -0.25) is 4.90 Å². The van der Waals surface area contributed by atoms with E-state index in [2.05, 4.69) is 69.9 Å². The van der Waals surface area contributed by atoms with Crippen LogP contribution in [0.4, 0.5) is 9.59 Å². The van der Waals surface area contributed by atoms with Crippen LogP contribution in [0.3, 0.4) is 0 Å². The first-order valence-corrected chi connectivity index (χ1v) is 17.9. The maximum Gasteiger partial charge on any atom is 0.408 e. The maximum atomic E-state index is 12.8. The number of carbonyl (C=O) groups excluding carboxylic acids is 1. The summed E-state index contributed by atoms with van der Waals surface area (Å²) in [5.74, 6) is 1.55. The molecule has 258 valence electrons. The van der Waals surface area contributed by atoms with E-state index in [1.807, 2.05) is 26.8 Å². The fourth-order valence-electron chi connectivity index (χ4n) is 8.11. The van der Waals surface area contributed by atoms with Gasteiger partial charge in [0.15, 0.2) is 0 Å². The largest absolute Gasteiger partial charge is 0.465 e. The lowest BCUT2D eigenvalue weighted by atomic mass is 9.95. The lowest BCUT2D eigenvalue weighted by Gasteiger charge is -2.30. The SMILES string of the molecule is CC(C)(C)OC(=O)NC1(c2nc3ccc(-c4ccc(-c5ccc6c(c5)CCCc5[nH]c(C7CCCN7C(=O)O)nc5-6)cc4)cc3[nH]2)CCCC1. The van der Waals surface area contributed by atoms with Gasteiger partial charge in [0.1, 0.15) is 22.8 Å². The third-order valence-electron chi connectivity index (χ3n) is 10.5. The molecule has 0 radical (unpaired) electrons. The number of nitrogens with one attached hydrogen (secondary N) is 3. The van der Waals surface area contributed by atoms with E-state index < -0.39 is 23.3 Å². The van der Waals surface area contributed by atoms with Gasteiger partial charge < -0.3 is 25.1 Å². The van der Waals surface area contributed by atoms with Crippen molar-refractivity contribution in [2.45, 2.75) is 95.7 Å². The predicted octanol–water partition coefficient (Wildman–Crippen LogP) is 8.88. The van der Waals surface area contributed by atoms with Crippen LogP contribution in [0, 0.1) is 0 Å². The zero-order valence-corrected chi connectivity index (χ0v) is 28.9. The second-order valence-corrected chi connectivity index (χ2v) is 15.1. The van der Waals surface area contributed by atoms with E-state index in [0.717, 1.165) is 120 Å². The van der Waals surface area contributed by atoms with Gasteiger partial charge in [-0.05, 0) is 106 Å². The number of aromatic amines is 2. The van der Waals surface area contributed by atoms with Gasteiger partial charge >= 0.3 is 12.2 Å². The molecule has 4 N–H and O–H groups in total. The molecule has 1 atom stereocenters. The zero-order valence-electron chi connectivity index (χ0n) is 28.9. The number of H-pyrrole nitrogens is 2. The number of alkyl carbamates (subject to hydrolysis) is 1. The van der Waals surface area contributed by atoms with Crippen LogP contribution in [0.1, 0.15) is 94.7 Å². The summed E-state index contributed by atoms with van der Waals surface area (Å²) in [6.45, 7) is 6.17. The Morgan fingerprint density at radius 2 is 1.58 bits per heavy atom. The van der Waals surface area contributed by atoms with Gasteiger partial charge in [0.25, 0.3) is 0 Å². The molecule has 3 heterocycles. The number of amides is 2. The molecule has 1 unspecified atom stereocenters. The van der Waals surface area contributed by atoms with Crippen molar-refractivity contribution in [3.05, 3.63) is 83.6 Å². The van der Waals surface area contributed by atoms with Crippen LogP contribution in [0.25, 0.3) is 44.5 Å². The highest BCUT2D eigenvalue weighted by Gasteiger charge is 2.41. The smallest absolute Gasteiger partial charge is 0.408 e. The molecule has 50 heavy (non-hydrogen) atoms. The summed E-state index contributed by atoms with van der Waals surface area (Å²) in [6.07, 6.45) is 6.90. The van der Waals surface area contributed by atoms with Gasteiger partial charge in [0, 0.05) is 17.8 Å². The number of carbonyl (C=O) groups is 2. The lowest BCUT2D eigenvalue weighted by Crippen LogP contribution is -2.46. The number of likely N-dealkylation sites (tertiary alicyclic amines) is 1. The van der Waals surface area contributed by atoms with Crippen LogP contribution in [-0.4, -0.2) is 54.3 Å². The van der Waals surface area contributed by atoms with Crippen molar-refractivity contribution in [3.63, 3.8) is 0 Å². The van der Waals surface area contributed by atoms with Gasteiger partial charge in [-0.2, -0.15) is 0 Å². The molecule has 1 saturated carbocycles. The van der Waals surface area contributed by atoms with Crippen molar-refractivity contribution < 1.29 is 19.4 Å². The lowest BCUT2D eigenvalue weighted by molar-refractivity contribution is 0.0448. The van der Waals surface area contributed by atoms with Gasteiger partial charge in [0.2, 0.25) is 0 Å². The Balaban J connectivity index is 1.03. The molecular weight excluding hydrogens is 628 g/mol. The van der Waals surface area contributed by atoms with E-state index in [1.54, 1.807) is 0 Å². The van der Waals surface area contributed by atoms with E-state index >= 15 is 0 Å². The van der Waals surface area contributed by atoms with Crippen LogP contribution in [0.15, 0.2) is 60.7 Å². The van der Waals surface area contributed by atoms with Gasteiger partial charge in [-0.1, -0.05) is 61.4 Å². The van der Waals surface area contributed by atoms with Crippen molar-refractivity contribution in [3.8, 4) is 33.5 Å². The third-order valence-corrected chi connectivity index (χ3v) is 10.5. The van der Waals surface area contributed by atoms with E-state index in [1.165, 1.54) is 10.5 Å². The molecule has 1 aliphatic heterocycles. The van der Waals surface area contributed by atoms with Crippen LogP contribution >= 0.6 is 0 Å². The normalized spacial score (nSPS) is 18.5. The zero-order chi connectivity index (χ0) is 34.6. The molecule has 2 aliphatic carbocycles. The molecule has 10 heteroatoms. The fraction of sp³-hybridized carbons (Fsp3) is 0.400. The molecule has 3 aliphatic rings. The molecule has 2 amide bonds. The minimum absolute atomic E-state index is 0.207. The minimum Gasteiger partial charge on any atom is -0.465 e. The van der Waals surface area contributed by atoms with Crippen molar-refractivity contribution >= 4 is 23.2 Å². The number of imidazole rings is 2. The Kier molecular flexibility index (Phi) is 7.92. The van der Waals surface area contributed by atoms with Crippen molar-refractivity contribution in [1.82, 2.24) is 30.2 Å². The predicted molar refractivity (Wildman–Crippen MR) is 193 cm³/mol. The molecule has 10 nitrogen and oxygen atoms in total. The number of aryl methyl sites for hydroxylation is 2. The third kappa shape index (κ3) is 6.01. The Hall–Kier alpha value is -5.12. The maximum absolute atomic E-state index is 12.8. The monoisotopic (exact) mass is 672 g/mol. The summed E-state index contributed by atoms with van der Waals surface area (Å²) in [7, 11) is 0. The Morgan fingerprint density at radius 3 is 2.30 bits per heavy atom. The molecule has 2 fully saturated rings. The van der Waals surface area contributed by atoms with E-state index in [9.17, 15) is 14.7 Å². The molecule has 3 aromatic carbocycles. The number of ether oxygens (including phenoxy) is 1. The van der Waals surface area contributed by atoms with Gasteiger partial charge in [0.05, 0.1) is 22.8 Å². The molecule has 1 saturated heterocycles. The first-order valence-electron chi connectivity index (χ1n) is 17.9. The number of aromatic nitrogens is 4. The Bertz CT molecular complexity index is 2080. The quantitative estimate of drug-likeness (QED) is 0.147. The Morgan fingerprint density at radius 1 is 0.880 bits per heavy atom. The van der Waals surface area contributed by atoms with E-state index in [-0.39, 0.29) is 6.04 Å². The highest BCUT2D eigenvalue weighted by Crippen LogP contribution is 2.40. The summed E-state index contributed by atoms with van der Waals surface area (Å²) in [4.78, 5) is 43.1. The number of rotatable bonds is 5. The average molecular weight is 673 g/mol. The number of carboxylic acid groups (broad SMARTS) is 1. The van der Waals surface area contributed by atoms with E-state index in [0.29, 0.717) is 6.54 Å². The summed E-state index contributed by atoms with van der Waals surface area (Å²) >= 11 is 0. The van der Waals surface area contributed by atoms with Crippen molar-refractivity contribution in [1.29, 1.82) is 0 Å². The first kappa shape index (κ1) is 32.1. The highest BCUT2D eigenvalue weighted by atomic mass is 16.6. The number of fused-ring (bicyclic) bond motifs is 4. The van der Waals surface area contributed by atoms with E-state index in [4.69, 9.17) is 14.7 Å². The van der Waals surface area contributed by atoms with Crippen LogP contribution in [0.2, 0.25) is 0 Å². The molecule has 0 bridgehead atoms. The van der Waals surface area contributed by atoms with Crippen LogP contribution in [-0.2, 0) is 23.1 Å². The molecule has 0 spiro atoms. The fourth-order valence-corrected chi connectivity index (χ4v) is 8.11. The number of hydrogen-bond acceptors (Lipinski definition) is 5. The van der Waals surface area contributed by atoms with Gasteiger partial charge in [-0.25, -0.2) is 19.6 Å². The van der Waals surface area contributed by atoms with Gasteiger partial charge in [-0.15, -0.1) is 0 Å². The minimum atomic E-state index is -0.881. The summed E-state index contributed by atoms with van der Waals surface area (Å²) in [5, 5.41) is 12.8. The summed E-state index contributed by atoms with van der Waals surface area (Å²) in [5.41, 5.74) is 9.66. The van der Waals surface area contributed by atoms with Crippen LogP contribution < -0.4 is 5.32 Å². The second kappa shape index (κ2) is 12.3. The summed E-state index contributed by atoms with van der Waals surface area (Å²) in [6, 6.07) is 21.4. The topological polar surface area (TPSA) is 136 Å². The second-order valence-electron chi connectivity index (χ2n) is 15.1. The van der Waals surface area contributed by atoms with Crippen molar-refractivity contribution in [2.24, 2.45) is 0 Å². The van der Waals surface area contributed by atoms with Crippen LogP contribution in [0.5, 0.6) is 0 Å². The molecular formula is C40H44N6O4. The number of benzene rings is 3. The highest BCUT2D eigenvalue weighted by molar-refractivity contribution is 5.83. The van der Waals surface area contributed by atoms with Crippen molar-refractivity contribution in [2.75, 3.05) is 6.54 Å². The first-order chi connectivity index (χ1) is 24.0. The summed E-state index contributed by atoms with van der Waals surface area (Å²) < 4.78 is 5.60. The molecule has 5 aromatic rings. The number of hydrogen-bond donors (Lipinski definition) is 4. The molecule has 2 aromatic heterocycles. The molecule has 8 rings (SSSR count). The Labute approximate surface area is 291 Å². The average Bonchev–Trinajstić information content (AvgIpc) is 3.89.